The standard InChI is InChI=1S/C22H24F2N6O/c1-25-22(31)16-5-4-15(20(23)21(16)24)17-10-18-19(11-26-17)30(28-27-18)14-6-8-29(9-7-14)12-13-2-3-13/h4-5,10-11,13-14H,2-3,6-9,12H2,1H3,(H,25,31). The van der Waals surface area contributed by atoms with Crippen LogP contribution in [0.4, 0.5) is 8.78 Å². The monoisotopic (exact) mass is 426 g/mol. The van der Waals surface area contributed by atoms with Crippen molar-refractivity contribution in [1.29, 1.82) is 0 Å². The quantitative estimate of drug-likeness (QED) is 0.678. The summed E-state index contributed by atoms with van der Waals surface area (Å²) in [5, 5.41) is 10.9. The highest BCUT2D eigenvalue weighted by molar-refractivity contribution is 5.95. The van der Waals surface area contributed by atoms with Crippen LogP contribution < -0.4 is 5.32 Å². The molecule has 2 aliphatic rings. The molecule has 1 aromatic carbocycles. The molecule has 1 amide bonds. The summed E-state index contributed by atoms with van der Waals surface area (Å²) in [7, 11) is 1.36. The fraction of sp³-hybridized carbons (Fsp3) is 0.455. The van der Waals surface area contributed by atoms with Crippen LogP contribution in [0.3, 0.4) is 0 Å². The van der Waals surface area contributed by atoms with Crippen LogP contribution in [0.25, 0.3) is 22.3 Å². The molecule has 0 bridgehead atoms. The summed E-state index contributed by atoms with van der Waals surface area (Å²) in [6, 6.07) is 4.48. The summed E-state index contributed by atoms with van der Waals surface area (Å²) in [4.78, 5) is 18.6. The molecule has 1 aliphatic carbocycles. The number of fused-ring (bicyclic) bond motifs is 1. The van der Waals surface area contributed by atoms with E-state index in [-0.39, 0.29) is 22.9 Å². The van der Waals surface area contributed by atoms with Crippen molar-refractivity contribution >= 4 is 16.9 Å². The minimum absolute atomic E-state index is 0.0185. The average molecular weight is 426 g/mol. The number of nitrogens with zero attached hydrogens (tertiary/aromatic N) is 5. The Balaban J connectivity index is 1.38. The Labute approximate surface area is 178 Å². The van der Waals surface area contributed by atoms with Gasteiger partial charge in [-0.15, -0.1) is 5.10 Å². The molecule has 162 valence electrons. The van der Waals surface area contributed by atoms with Gasteiger partial charge in [0.05, 0.1) is 23.5 Å². The summed E-state index contributed by atoms with van der Waals surface area (Å²) >= 11 is 0. The van der Waals surface area contributed by atoms with Gasteiger partial charge in [-0.25, -0.2) is 13.5 Å². The number of halogens is 2. The highest BCUT2D eigenvalue weighted by Crippen LogP contribution is 2.33. The molecule has 1 aliphatic heterocycles. The van der Waals surface area contributed by atoms with Gasteiger partial charge in [0.25, 0.3) is 5.91 Å². The number of pyridine rings is 1. The molecule has 7 nitrogen and oxygen atoms in total. The van der Waals surface area contributed by atoms with Crippen LogP contribution >= 0.6 is 0 Å². The second-order valence-electron chi connectivity index (χ2n) is 8.44. The smallest absolute Gasteiger partial charge is 0.254 e. The van der Waals surface area contributed by atoms with Gasteiger partial charge in [-0.05, 0) is 49.8 Å². The minimum atomic E-state index is -1.19. The number of likely N-dealkylation sites (tertiary alicyclic amines) is 1. The number of carbonyl (C=O) groups excluding carboxylic acids is 1. The van der Waals surface area contributed by atoms with Gasteiger partial charge in [0.1, 0.15) is 11.0 Å². The van der Waals surface area contributed by atoms with E-state index in [1.165, 1.54) is 38.6 Å². The number of carbonyl (C=O) groups is 1. The zero-order chi connectivity index (χ0) is 21.5. The molecule has 9 heteroatoms. The topological polar surface area (TPSA) is 75.9 Å². The Hall–Kier alpha value is -2.94. The third-order valence-corrected chi connectivity index (χ3v) is 6.30. The normalized spacial score (nSPS) is 17.9. The summed E-state index contributed by atoms with van der Waals surface area (Å²) in [5.74, 6) is -2.09. The van der Waals surface area contributed by atoms with E-state index < -0.39 is 17.5 Å². The van der Waals surface area contributed by atoms with Crippen molar-refractivity contribution in [3.8, 4) is 11.3 Å². The van der Waals surface area contributed by atoms with Crippen molar-refractivity contribution in [2.75, 3.05) is 26.7 Å². The summed E-state index contributed by atoms with van der Waals surface area (Å²) in [6.07, 6.45) is 6.36. The van der Waals surface area contributed by atoms with Crippen LogP contribution in [0.5, 0.6) is 0 Å². The first kappa shape index (κ1) is 20.0. The highest BCUT2D eigenvalue weighted by atomic mass is 19.2. The lowest BCUT2D eigenvalue weighted by atomic mass is 10.0. The van der Waals surface area contributed by atoms with E-state index in [2.05, 4.69) is 25.5 Å². The number of nitrogens with one attached hydrogen (secondary N) is 1. The Morgan fingerprint density at radius 3 is 2.65 bits per heavy atom. The first-order chi connectivity index (χ1) is 15.0. The molecule has 1 saturated carbocycles. The Morgan fingerprint density at radius 1 is 1.16 bits per heavy atom. The lowest BCUT2D eigenvalue weighted by Crippen LogP contribution is -2.36. The predicted octanol–water partition coefficient (Wildman–Crippen LogP) is 3.18. The molecule has 1 saturated heterocycles. The molecule has 2 fully saturated rings. The number of hydrogen-bond acceptors (Lipinski definition) is 5. The van der Waals surface area contributed by atoms with E-state index in [0.29, 0.717) is 5.52 Å². The number of aromatic nitrogens is 4. The fourth-order valence-corrected chi connectivity index (χ4v) is 4.33. The summed E-state index contributed by atoms with van der Waals surface area (Å²) in [5.41, 5.74) is 1.25. The van der Waals surface area contributed by atoms with Gasteiger partial charge in [0.15, 0.2) is 11.6 Å². The van der Waals surface area contributed by atoms with Gasteiger partial charge in [0.2, 0.25) is 0 Å². The van der Waals surface area contributed by atoms with E-state index in [1.54, 1.807) is 12.3 Å². The maximum absolute atomic E-state index is 14.6. The summed E-state index contributed by atoms with van der Waals surface area (Å²) < 4.78 is 30.9. The van der Waals surface area contributed by atoms with E-state index in [0.717, 1.165) is 37.4 Å². The number of hydrogen-bond donors (Lipinski definition) is 1. The average Bonchev–Trinajstić information content (AvgIpc) is 3.51. The minimum Gasteiger partial charge on any atom is -0.355 e. The van der Waals surface area contributed by atoms with Gasteiger partial charge >= 0.3 is 0 Å². The molecule has 0 spiro atoms. The Kier molecular flexibility index (Phi) is 5.13. The van der Waals surface area contributed by atoms with Gasteiger partial charge in [-0.2, -0.15) is 0 Å². The molecule has 2 aromatic heterocycles. The lowest BCUT2D eigenvalue weighted by molar-refractivity contribution is 0.0958. The number of amides is 1. The van der Waals surface area contributed by atoms with Crippen molar-refractivity contribution in [3.63, 3.8) is 0 Å². The number of benzene rings is 1. The van der Waals surface area contributed by atoms with E-state index in [1.807, 2.05) is 4.68 Å². The zero-order valence-corrected chi connectivity index (χ0v) is 17.3. The molecular formula is C22H24F2N6O. The zero-order valence-electron chi connectivity index (χ0n) is 17.3. The maximum Gasteiger partial charge on any atom is 0.254 e. The van der Waals surface area contributed by atoms with Crippen molar-refractivity contribution in [2.45, 2.75) is 31.7 Å². The van der Waals surface area contributed by atoms with Crippen LogP contribution in [-0.4, -0.2) is 57.5 Å². The SMILES string of the molecule is CNC(=O)c1ccc(-c2cc3nnn(C4CCN(CC5CC5)CC4)c3cn2)c(F)c1F. The van der Waals surface area contributed by atoms with Crippen molar-refractivity contribution in [1.82, 2.24) is 30.2 Å². The largest absolute Gasteiger partial charge is 0.355 e. The molecular weight excluding hydrogens is 402 g/mol. The first-order valence-electron chi connectivity index (χ1n) is 10.7. The van der Waals surface area contributed by atoms with Crippen LogP contribution in [0.2, 0.25) is 0 Å². The van der Waals surface area contributed by atoms with Crippen molar-refractivity contribution in [3.05, 3.63) is 41.6 Å². The third kappa shape index (κ3) is 3.78. The van der Waals surface area contributed by atoms with Gasteiger partial charge in [0, 0.05) is 32.2 Å². The van der Waals surface area contributed by atoms with E-state index >= 15 is 0 Å². The van der Waals surface area contributed by atoms with Crippen LogP contribution in [0, 0.1) is 17.6 Å². The molecule has 1 N–H and O–H groups in total. The Morgan fingerprint density at radius 2 is 1.94 bits per heavy atom. The van der Waals surface area contributed by atoms with Gasteiger partial charge in [-0.3, -0.25) is 9.78 Å². The van der Waals surface area contributed by atoms with Gasteiger partial charge < -0.3 is 10.2 Å². The summed E-state index contributed by atoms with van der Waals surface area (Å²) in [6.45, 7) is 3.31. The predicted molar refractivity (Wildman–Crippen MR) is 112 cm³/mol. The molecule has 3 aromatic rings. The Bertz CT molecular complexity index is 1130. The number of piperidine rings is 1. The lowest BCUT2D eigenvalue weighted by Gasteiger charge is -2.32. The van der Waals surface area contributed by atoms with Crippen molar-refractivity contribution in [2.24, 2.45) is 5.92 Å². The third-order valence-electron chi connectivity index (χ3n) is 6.30. The van der Waals surface area contributed by atoms with Crippen LogP contribution in [-0.2, 0) is 0 Å². The molecule has 3 heterocycles. The molecule has 0 radical (unpaired) electrons. The van der Waals surface area contributed by atoms with Crippen LogP contribution in [0.1, 0.15) is 42.1 Å². The molecule has 0 atom stereocenters. The highest BCUT2D eigenvalue weighted by Gasteiger charge is 2.28. The molecule has 5 rings (SSSR count). The van der Waals surface area contributed by atoms with Crippen molar-refractivity contribution < 1.29 is 13.6 Å². The van der Waals surface area contributed by atoms with Crippen LogP contribution in [0.15, 0.2) is 24.4 Å². The molecule has 31 heavy (non-hydrogen) atoms. The maximum atomic E-state index is 14.6. The molecule has 0 unspecified atom stereocenters. The van der Waals surface area contributed by atoms with E-state index in [4.69, 9.17) is 0 Å². The first-order valence-corrected chi connectivity index (χ1v) is 10.7. The second kappa shape index (κ2) is 7.96. The number of rotatable bonds is 5. The van der Waals surface area contributed by atoms with E-state index in [9.17, 15) is 13.6 Å². The fourth-order valence-electron chi connectivity index (χ4n) is 4.33. The van der Waals surface area contributed by atoms with Gasteiger partial charge in [-0.1, -0.05) is 5.21 Å². The second-order valence-corrected chi connectivity index (χ2v) is 8.44.